The molecule has 2 N–H and O–H groups in total. The van der Waals surface area contributed by atoms with Gasteiger partial charge in [0, 0.05) is 0 Å². The number of ketones is 1. The molecule has 0 bridgehead atoms. The Balaban J connectivity index is 0. The molecule has 156 valence electrons. The maximum atomic E-state index is 12.3. The van der Waals surface area contributed by atoms with Crippen LogP contribution in [0.3, 0.4) is 0 Å². The van der Waals surface area contributed by atoms with Crippen LogP contribution < -0.4 is 10.6 Å². The SMILES string of the molecule is CC.CC.CNC(C(=O)NC(CCCN1CCCCC1)C(C)=O)C(C)C. The van der Waals surface area contributed by atoms with Crippen LogP contribution in [0.25, 0.3) is 0 Å². The fourth-order valence-electron chi connectivity index (χ4n) is 3.11. The van der Waals surface area contributed by atoms with Crippen molar-refractivity contribution in [2.45, 2.75) is 92.7 Å². The molecule has 2 atom stereocenters. The van der Waals surface area contributed by atoms with Gasteiger partial charge in [-0.1, -0.05) is 48.0 Å². The van der Waals surface area contributed by atoms with Crippen molar-refractivity contribution in [2.75, 3.05) is 26.7 Å². The Kier molecular flexibility index (Phi) is 18.3. The Morgan fingerprint density at radius 3 is 1.96 bits per heavy atom. The summed E-state index contributed by atoms with van der Waals surface area (Å²) in [6.07, 6.45) is 5.59. The molecule has 0 spiro atoms. The zero-order chi connectivity index (χ0) is 20.5. The normalized spacial score (nSPS) is 16.5. The fraction of sp³-hybridized carbons (Fsp3) is 0.905. The molecule has 0 aromatic rings. The average Bonchev–Trinajstić information content (AvgIpc) is 2.65. The largest absolute Gasteiger partial charge is 0.345 e. The van der Waals surface area contributed by atoms with E-state index in [1.165, 1.54) is 32.4 Å². The molecule has 1 aliphatic heterocycles. The average molecular weight is 372 g/mol. The number of hydrogen-bond donors (Lipinski definition) is 2. The molecular formula is C21H45N3O2. The second kappa shape index (κ2) is 17.5. The molecule has 5 heteroatoms. The molecule has 0 aromatic heterocycles. The van der Waals surface area contributed by atoms with Gasteiger partial charge < -0.3 is 15.5 Å². The lowest BCUT2D eigenvalue weighted by Gasteiger charge is -2.27. The highest BCUT2D eigenvalue weighted by atomic mass is 16.2. The van der Waals surface area contributed by atoms with E-state index in [1.807, 2.05) is 41.5 Å². The van der Waals surface area contributed by atoms with Crippen molar-refractivity contribution in [3.05, 3.63) is 0 Å². The summed E-state index contributed by atoms with van der Waals surface area (Å²) in [4.78, 5) is 26.5. The van der Waals surface area contributed by atoms with Gasteiger partial charge in [-0.05, 0) is 65.2 Å². The summed E-state index contributed by atoms with van der Waals surface area (Å²) in [5.41, 5.74) is 0. The molecule has 1 heterocycles. The summed E-state index contributed by atoms with van der Waals surface area (Å²) in [6.45, 7) is 16.9. The summed E-state index contributed by atoms with van der Waals surface area (Å²) in [7, 11) is 1.78. The zero-order valence-corrected chi connectivity index (χ0v) is 18.7. The van der Waals surface area contributed by atoms with Crippen LogP contribution in [0, 0.1) is 5.92 Å². The number of carbonyl (C=O) groups is 2. The first kappa shape index (κ1) is 27.3. The highest BCUT2D eigenvalue weighted by Crippen LogP contribution is 2.11. The van der Waals surface area contributed by atoms with Gasteiger partial charge in [-0.25, -0.2) is 0 Å². The number of carbonyl (C=O) groups excluding carboxylic acids is 2. The van der Waals surface area contributed by atoms with Gasteiger partial charge in [-0.15, -0.1) is 0 Å². The molecule has 5 nitrogen and oxygen atoms in total. The van der Waals surface area contributed by atoms with Gasteiger partial charge in [-0.3, -0.25) is 9.59 Å². The van der Waals surface area contributed by atoms with Crippen molar-refractivity contribution in [3.8, 4) is 0 Å². The van der Waals surface area contributed by atoms with Crippen LogP contribution in [-0.4, -0.2) is 55.4 Å². The van der Waals surface area contributed by atoms with E-state index in [0.717, 1.165) is 19.4 Å². The molecule has 0 aromatic carbocycles. The van der Waals surface area contributed by atoms with Crippen molar-refractivity contribution < 1.29 is 9.59 Å². The summed E-state index contributed by atoms with van der Waals surface area (Å²) in [6, 6.07) is -0.601. The van der Waals surface area contributed by atoms with Crippen LogP contribution >= 0.6 is 0 Å². The van der Waals surface area contributed by atoms with Crippen molar-refractivity contribution >= 4 is 11.7 Å². The van der Waals surface area contributed by atoms with Gasteiger partial charge >= 0.3 is 0 Å². The molecule has 2 unspecified atom stereocenters. The van der Waals surface area contributed by atoms with Crippen LogP contribution in [0.4, 0.5) is 0 Å². The number of likely N-dealkylation sites (tertiary alicyclic amines) is 1. The molecular weight excluding hydrogens is 326 g/mol. The Morgan fingerprint density at radius 1 is 1.00 bits per heavy atom. The standard InChI is InChI=1S/C17H33N3O2.2C2H6/c1-13(2)16(18-4)17(22)19-15(14(3)21)9-8-12-20-10-6-5-7-11-20;2*1-2/h13,15-16,18H,5-12H2,1-4H3,(H,19,22);2*1-2H3. The van der Waals surface area contributed by atoms with Crippen LogP contribution in [-0.2, 0) is 9.59 Å². The summed E-state index contributed by atoms with van der Waals surface area (Å²) in [5, 5.41) is 5.94. The maximum absolute atomic E-state index is 12.3. The minimum absolute atomic E-state index is 0.0469. The number of Topliss-reactive ketones (excluding diaryl/α,β-unsaturated/α-hetero) is 1. The highest BCUT2D eigenvalue weighted by molar-refractivity contribution is 5.89. The van der Waals surface area contributed by atoms with Crippen LogP contribution in [0.15, 0.2) is 0 Å². The fourth-order valence-corrected chi connectivity index (χ4v) is 3.11. The topological polar surface area (TPSA) is 61.4 Å². The third-order valence-corrected chi connectivity index (χ3v) is 4.48. The van der Waals surface area contributed by atoms with E-state index >= 15 is 0 Å². The smallest absolute Gasteiger partial charge is 0.237 e. The minimum atomic E-state index is -0.355. The Labute approximate surface area is 162 Å². The van der Waals surface area contributed by atoms with E-state index in [-0.39, 0.29) is 29.7 Å². The first-order valence-electron chi connectivity index (χ1n) is 10.7. The third-order valence-electron chi connectivity index (χ3n) is 4.48. The zero-order valence-electron chi connectivity index (χ0n) is 18.7. The molecule has 1 aliphatic rings. The van der Waals surface area contributed by atoms with Gasteiger partial charge in [0.1, 0.15) is 0 Å². The van der Waals surface area contributed by atoms with E-state index in [9.17, 15) is 9.59 Å². The molecule has 0 aliphatic carbocycles. The van der Waals surface area contributed by atoms with Crippen molar-refractivity contribution in [1.82, 2.24) is 15.5 Å². The van der Waals surface area contributed by atoms with Crippen molar-refractivity contribution in [3.63, 3.8) is 0 Å². The van der Waals surface area contributed by atoms with E-state index in [4.69, 9.17) is 0 Å². The lowest BCUT2D eigenvalue weighted by atomic mass is 10.0. The Morgan fingerprint density at radius 2 is 1.54 bits per heavy atom. The number of nitrogens with zero attached hydrogens (tertiary/aromatic N) is 1. The predicted molar refractivity (Wildman–Crippen MR) is 113 cm³/mol. The number of piperidine rings is 1. The number of hydrogen-bond acceptors (Lipinski definition) is 4. The van der Waals surface area contributed by atoms with Crippen molar-refractivity contribution in [2.24, 2.45) is 5.92 Å². The quantitative estimate of drug-likeness (QED) is 0.650. The predicted octanol–water partition coefficient (Wildman–Crippen LogP) is 3.62. The summed E-state index contributed by atoms with van der Waals surface area (Å²) < 4.78 is 0. The molecule has 26 heavy (non-hydrogen) atoms. The molecule has 1 fully saturated rings. The van der Waals surface area contributed by atoms with Crippen LogP contribution in [0.2, 0.25) is 0 Å². The Hall–Kier alpha value is -0.940. The number of rotatable bonds is 9. The van der Waals surface area contributed by atoms with E-state index in [2.05, 4.69) is 15.5 Å². The second-order valence-corrected chi connectivity index (χ2v) is 6.73. The molecule has 1 amide bonds. The monoisotopic (exact) mass is 371 g/mol. The van der Waals surface area contributed by atoms with Crippen molar-refractivity contribution in [1.29, 1.82) is 0 Å². The van der Waals surface area contributed by atoms with E-state index in [0.29, 0.717) is 0 Å². The van der Waals surface area contributed by atoms with E-state index < -0.39 is 0 Å². The number of amides is 1. The number of likely N-dealkylation sites (N-methyl/N-ethyl adjacent to an activating group) is 1. The first-order valence-corrected chi connectivity index (χ1v) is 10.7. The highest BCUT2D eigenvalue weighted by Gasteiger charge is 2.24. The van der Waals surface area contributed by atoms with Gasteiger partial charge in [-0.2, -0.15) is 0 Å². The van der Waals surface area contributed by atoms with Gasteiger partial charge in [0.2, 0.25) is 5.91 Å². The molecule has 1 saturated heterocycles. The van der Waals surface area contributed by atoms with Gasteiger partial charge in [0.15, 0.2) is 5.78 Å². The van der Waals surface area contributed by atoms with Crippen LogP contribution in [0.5, 0.6) is 0 Å². The first-order chi connectivity index (χ1) is 12.5. The lowest BCUT2D eigenvalue weighted by molar-refractivity contribution is -0.129. The van der Waals surface area contributed by atoms with Crippen LogP contribution in [0.1, 0.15) is 80.6 Å². The molecule has 0 saturated carbocycles. The summed E-state index contributed by atoms with van der Waals surface area (Å²) >= 11 is 0. The maximum Gasteiger partial charge on any atom is 0.237 e. The van der Waals surface area contributed by atoms with E-state index in [1.54, 1.807) is 14.0 Å². The Bertz CT molecular complexity index is 353. The third kappa shape index (κ3) is 11.6. The number of nitrogens with one attached hydrogen (secondary N) is 2. The van der Waals surface area contributed by atoms with Gasteiger partial charge in [0.25, 0.3) is 0 Å². The summed E-state index contributed by atoms with van der Waals surface area (Å²) in [5.74, 6) is 0.173. The lowest BCUT2D eigenvalue weighted by Crippen LogP contribution is -2.51. The second-order valence-electron chi connectivity index (χ2n) is 6.73. The minimum Gasteiger partial charge on any atom is -0.345 e. The molecule has 0 radical (unpaired) electrons. The molecule has 1 rings (SSSR count). The van der Waals surface area contributed by atoms with Gasteiger partial charge in [0.05, 0.1) is 12.1 Å².